The summed E-state index contributed by atoms with van der Waals surface area (Å²) >= 11 is 0. The van der Waals surface area contributed by atoms with Crippen molar-refractivity contribution in [3.63, 3.8) is 0 Å². The number of anilines is 1. The van der Waals surface area contributed by atoms with Crippen LogP contribution < -0.4 is 4.90 Å². The van der Waals surface area contributed by atoms with Crippen molar-refractivity contribution in [3.8, 4) is 11.3 Å². The Morgan fingerprint density at radius 1 is 1.20 bits per heavy atom. The first kappa shape index (κ1) is 16.6. The number of para-hydroxylation sites is 1. The van der Waals surface area contributed by atoms with Gasteiger partial charge in [0.2, 0.25) is 0 Å². The van der Waals surface area contributed by atoms with Crippen LogP contribution in [0.25, 0.3) is 11.3 Å². The maximum absolute atomic E-state index is 13.8. The quantitative estimate of drug-likeness (QED) is 0.773. The Balaban J connectivity index is 1.95. The zero-order valence-corrected chi connectivity index (χ0v) is 13.8. The molecule has 128 valence electrons. The largest absolute Gasteiger partial charge is 0.478 e. The Kier molecular flexibility index (Phi) is 4.47. The third-order valence-electron chi connectivity index (χ3n) is 3.85. The van der Waals surface area contributed by atoms with E-state index in [-0.39, 0.29) is 5.56 Å². The third-order valence-corrected chi connectivity index (χ3v) is 3.85. The first-order chi connectivity index (χ1) is 12.0. The van der Waals surface area contributed by atoms with Crippen molar-refractivity contribution in [3.05, 3.63) is 65.6 Å². The summed E-state index contributed by atoms with van der Waals surface area (Å²) in [6, 6.07) is 12.0. The van der Waals surface area contributed by atoms with Gasteiger partial charge >= 0.3 is 5.97 Å². The van der Waals surface area contributed by atoms with E-state index >= 15 is 0 Å². The van der Waals surface area contributed by atoms with Crippen LogP contribution in [0.1, 0.15) is 15.9 Å². The van der Waals surface area contributed by atoms with E-state index in [2.05, 4.69) is 10.3 Å². The van der Waals surface area contributed by atoms with E-state index < -0.39 is 17.3 Å². The third kappa shape index (κ3) is 3.35. The molecule has 0 bridgehead atoms. The van der Waals surface area contributed by atoms with E-state index in [9.17, 15) is 14.3 Å². The Morgan fingerprint density at radius 2 is 1.96 bits per heavy atom. The molecule has 0 aliphatic carbocycles. The molecule has 0 aliphatic rings. The van der Waals surface area contributed by atoms with Crippen LogP contribution in [-0.4, -0.2) is 40.2 Å². The number of carbonyl (C=O) groups is 1. The molecule has 1 heterocycles. The number of rotatable bonds is 5. The lowest BCUT2D eigenvalue weighted by atomic mass is 10.0. The van der Waals surface area contributed by atoms with Crippen molar-refractivity contribution in [1.82, 2.24) is 15.0 Å². The standard InChI is InChI=1S/C18H17FN4O2/c1-22(2)16-9-4-3-6-12(16)10-23-11-15(20-21-23)13-7-5-8-14(19)17(13)18(24)25/h3-9,11H,10H2,1-2H3,(H,24,25). The van der Waals surface area contributed by atoms with Gasteiger partial charge in [-0.3, -0.25) is 0 Å². The Bertz CT molecular complexity index is 921. The molecule has 2 aromatic carbocycles. The molecular formula is C18H17FN4O2. The normalized spacial score (nSPS) is 10.7. The summed E-state index contributed by atoms with van der Waals surface area (Å²) in [5.74, 6) is -2.13. The average Bonchev–Trinajstić information content (AvgIpc) is 3.03. The van der Waals surface area contributed by atoms with E-state index in [0.717, 1.165) is 17.3 Å². The first-order valence-corrected chi connectivity index (χ1v) is 7.65. The Hall–Kier alpha value is -3.22. The highest BCUT2D eigenvalue weighted by atomic mass is 19.1. The van der Waals surface area contributed by atoms with Crippen molar-refractivity contribution in [2.24, 2.45) is 0 Å². The molecule has 0 unspecified atom stereocenters. The van der Waals surface area contributed by atoms with Crippen LogP contribution in [-0.2, 0) is 6.54 Å². The molecular weight excluding hydrogens is 323 g/mol. The van der Waals surface area contributed by atoms with Gasteiger partial charge in [-0.15, -0.1) is 5.10 Å². The monoisotopic (exact) mass is 340 g/mol. The van der Waals surface area contributed by atoms with Crippen molar-refractivity contribution >= 4 is 11.7 Å². The van der Waals surface area contributed by atoms with E-state index in [1.165, 1.54) is 12.1 Å². The lowest BCUT2D eigenvalue weighted by Gasteiger charge is -2.17. The highest BCUT2D eigenvalue weighted by Gasteiger charge is 2.19. The minimum Gasteiger partial charge on any atom is -0.478 e. The topological polar surface area (TPSA) is 71.2 Å². The minimum atomic E-state index is -1.33. The fourth-order valence-electron chi connectivity index (χ4n) is 2.71. The zero-order chi connectivity index (χ0) is 18.0. The number of carboxylic acid groups (broad SMARTS) is 1. The molecule has 25 heavy (non-hydrogen) atoms. The summed E-state index contributed by atoms with van der Waals surface area (Å²) in [7, 11) is 3.91. The van der Waals surface area contributed by atoms with Crippen LogP contribution in [0.2, 0.25) is 0 Å². The maximum Gasteiger partial charge on any atom is 0.339 e. The Morgan fingerprint density at radius 3 is 2.68 bits per heavy atom. The van der Waals surface area contributed by atoms with Gasteiger partial charge in [0.1, 0.15) is 17.1 Å². The molecule has 7 heteroatoms. The number of hydrogen-bond donors (Lipinski definition) is 1. The van der Waals surface area contributed by atoms with E-state index in [1.54, 1.807) is 10.9 Å². The smallest absolute Gasteiger partial charge is 0.339 e. The van der Waals surface area contributed by atoms with Crippen molar-refractivity contribution in [2.45, 2.75) is 6.54 Å². The number of carboxylic acids is 1. The lowest BCUT2D eigenvalue weighted by Crippen LogP contribution is -2.13. The van der Waals surface area contributed by atoms with Crippen molar-refractivity contribution in [2.75, 3.05) is 19.0 Å². The molecule has 1 aromatic heterocycles. The van der Waals surface area contributed by atoms with Crippen molar-refractivity contribution < 1.29 is 14.3 Å². The summed E-state index contributed by atoms with van der Waals surface area (Å²) < 4.78 is 15.4. The van der Waals surface area contributed by atoms with Crippen LogP contribution in [0.4, 0.5) is 10.1 Å². The molecule has 0 saturated heterocycles. The SMILES string of the molecule is CN(C)c1ccccc1Cn1cc(-c2cccc(F)c2C(=O)O)nn1. The van der Waals surface area contributed by atoms with Crippen LogP contribution in [0.15, 0.2) is 48.7 Å². The average molecular weight is 340 g/mol. The fourth-order valence-corrected chi connectivity index (χ4v) is 2.71. The van der Waals surface area contributed by atoms with Gasteiger partial charge in [-0.2, -0.15) is 0 Å². The van der Waals surface area contributed by atoms with E-state index in [4.69, 9.17) is 0 Å². The van der Waals surface area contributed by atoms with Gasteiger partial charge in [0.25, 0.3) is 0 Å². The number of benzene rings is 2. The van der Waals surface area contributed by atoms with Crippen LogP contribution >= 0.6 is 0 Å². The minimum absolute atomic E-state index is 0.208. The summed E-state index contributed by atoms with van der Waals surface area (Å²) in [6.45, 7) is 0.471. The number of nitrogens with zero attached hydrogens (tertiary/aromatic N) is 4. The van der Waals surface area contributed by atoms with Gasteiger partial charge in [-0.25, -0.2) is 13.9 Å². The van der Waals surface area contributed by atoms with Crippen LogP contribution in [0.5, 0.6) is 0 Å². The van der Waals surface area contributed by atoms with Crippen molar-refractivity contribution in [1.29, 1.82) is 0 Å². The van der Waals surface area contributed by atoms with Gasteiger partial charge in [0, 0.05) is 25.3 Å². The molecule has 3 aromatic rings. The second-order valence-corrected chi connectivity index (χ2v) is 5.79. The Labute approximate surface area is 144 Å². The summed E-state index contributed by atoms with van der Waals surface area (Å²) in [5, 5.41) is 17.3. The fraction of sp³-hybridized carbons (Fsp3) is 0.167. The number of aromatic carboxylic acids is 1. The van der Waals surface area contributed by atoms with Crippen LogP contribution in [0.3, 0.4) is 0 Å². The summed E-state index contributed by atoms with van der Waals surface area (Å²) in [4.78, 5) is 13.3. The maximum atomic E-state index is 13.8. The molecule has 1 N–H and O–H groups in total. The molecule has 0 fully saturated rings. The molecule has 0 saturated carbocycles. The second-order valence-electron chi connectivity index (χ2n) is 5.79. The van der Waals surface area contributed by atoms with Gasteiger partial charge in [-0.1, -0.05) is 35.5 Å². The van der Waals surface area contributed by atoms with Gasteiger partial charge in [-0.05, 0) is 17.7 Å². The highest BCUT2D eigenvalue weighted by Crippen LogP contribution is 2.25. The number of halogens is 1. The number of aromatic nitrogens is 3. The molecule has 0 atom stereocenters. The predicted octanol–water partition coefficient (Wildman–Crippen LogP) is 2.90. The first-order valence-electron chi connectivity index (χ1n) is 7.65. The van der Waals surface area contributed by atoms with Gasteiger partial charge in [0.15, 0.2) is 0 Å². The van der Waals surface area contributed by atoms with E-state index in [1.807, 2.05) is 43.3 Å². The number of hydrogen-bond acceptors (Lipinski definition) is 4. The molecule has 3 rings (SSSR count). The van der Waals surface area contributed by atoms with Gasteiger partial charge in [0.05, 0.1) is 12.7 Å². The zero-order valence-electron chi connectivity index (χ0n) is 13.8. The molecule has 0 spiro atoms. The van der Waals surface area contributed by atoms with Crippen LogP contribution in [0, 0.1) is 5.82 Å². The highest BCUT2D eigenvalue weighted by molar-refractivity contribution is 5.95. The molecule has 0 aliphatic heterocycles. The molecule has 0 radical (unpaired) electrons. The van der Waals surface area contributed by atoms with E-state index in [0.29, 0.717) is 12.2 Å². The summed E-state index contributed by atoms with van der Waals surface area (Å²) in [6.07, 6.45) is 1.62. The predicted molar refractivity (Wildman–Crippen MR) is 92.2 cm³/mol. The summed E-state index contributed by atoms with van der Waals surface area (Å²) in [5.41, 5.74) is 2.22. The molecule has 0 amide bonds. The molecule has 6 nitrogen and oxygen atoms in total. The lowest BCUT2D eigenvalue weighted by molar-refractivity contribution is 0.0693. The van der Waals surface area contributed by atoms with Gasteiger partial charge < -0.3 is 10.0 Å². The second kappa shape index (κ2) is 6.72.